The number of para-hydroxylation sites is 2. The SMILES string of the molecule is COC(=O)c1ccc(C=CC(=O)NCc2cccc(Cn3cnc4ccccc43)c2)cc1. The third-order valence-electron chi connectivity index (χ3n) is 5.10. The second kappa shape index (κ2) is 9.75. The fourth-order valence-electron chi connectivity index (χ4n) is 3.44. The molecule has 4 aromatic rings. The number of imidazole rings is 1. The number of ether oxygens (including phenoxy) is 1. The summed E-state index contributed by atoms with van der Waals surface area (Å²) in [7, 11) is 1.34. The molecule has 0 aliphatic heterocycles. The van der Waals surface area contributed by atoms with E-state index in [4.69, 9.17) is 0 Å². The first-order chi connectivity index (χ1) is 15.6. The minimum absolute atomic E-state index is 0.187. The lowest BCUT2D eigenvalue weighted by Crippen LogP contribution is -2.20. The first-order valence-electron chi connectivity index (χ1n) is 10.2. The molecule has 0 saturated carbocycles. The lowest BCUT2D eigenvalue weighted by molar-refractivity contribution is -0.116. The molecule has 0 bridgehead atoms. The molecule has 0 aliphatic carbocycles. The number of rotatable bonds is 7. The van der Waals surface area contributed by atoms with Gasteiger partial charge in [-0.3, -0.25) is 4.79 Å². The molecule has 6 nitrogen and oxygen atoms in total. The highest BCUT2D eigenvalue weighted by Crippen LogP contribution is 2.15. The molecular formula is C26H23N3O3. The zero-order chi connectivity index (χ0) is 22.3. The third kappa shape index (κ3) is 5.10. The molecule has 0 saturated heterocycles. The average Bonchev–Trinajstić information content (AvgIpc) is 3.24. The van der Waals surface area contributed by atoms with Gasteiger partial charge in [0.15, 0.2) is 0 Å². The van der Waals surface area contributed by atoms with Crippen molar-refractivity contribution in [3.63, 3.8) is 0 Å². The van der Waals surface area contributed by atoms with Crippen LogP contribution in [0.15, 0.2) is 85.2 Å². The second-order valence-corrected chi connectivity index (χ2v) is 7.35. The Hall–Kier alpha value is -4.19. The van der Waals surface area contributed by atoms with Gasteiger partial charge in [0.25, 0.3) is 0 Å². The number of aromatic nitrogens is 2. The fraction of sp³-hybridized carbons (Fsp3) is 0.115. The molecule has 4 rings (SSSR count). The number of hydrogen-bond donors (Lipinski definition) is 1. The number of benzene rings is 3. The Labute approximate surface area is 186 Å². The highest BCUT2D eigenvalue weighted by Gasteiger charge is 2.05. The molecule has 32 heavy (non-hydrogen) atoms. The molecule has 1 heterocycles. The molecule has 0 spiro atoms. The van der Waals surface area contributed by atoms with Gasteiger partial charge in [-0.1, -0.05) is 48.5 Å². The van der Waals surface area contributed by atoms with Crippen molar-refractivity contribution in [2.75, 3.05) is 7.11 Å². The standard InChI is InChI=1S/C26H23N3O3/c1-32-26(31)22-12-9-19(10-13-22)11-14-25(30)27-16-20-5-4-6-21(15-20)17-29-18-28-23-7-2-3-8-24(23)29/h2-15,18H,16-17H2,1H3,(H,27,30). The maximum Gasteiger partial charge on any atom is 0.337 e. The Morgan fingerprint density at radius 1 is 1.00 bits per heavy atom. The summed E-state index contributed by atoms with van der Waals surface area (Å²) < 4.78 is 6.79. The topological polar surface area (TPSA) is 73.2 Å². The number of amides is 1. The number of nitrogens with one attached hydrogen (secondary N) is 1. The average molecular weight is 425 g/mol. The van der Waals surface area contributed by atoms with E-state index < -0.39 is 0 Å². The van der Waals surface area contributed by atoms with Crippen molar-refractivity contribution in [3.8, 4) is 0 Å². The molecule has 6 heteroatoms. The molecule has 1 N–H and O–H groups in total. The van der Waals surface area contributed by atoms with E-state index in [1.54, 1.807) is 30.3 Å². The normalized spacial score (nSPS) is 11.0. The van der Waals surface area contributed by atoms with Crippen molar-refractivity contribution in [3.05, 3.63) is 107 Å². The largest absolute Gasteiger partial charge is 0.465 e. The summed E-state index contributed by atoms with van der Waals surface area (Å²) in [4.78, 5) is 28.1. The van der Waals surface area contributed by atoms with Gasteiger partial charge in [-0.25, -0.2) is 9.78 Å². The molecule has 160 valence electrons. The number of esters is 1. The molecular weight excluding hydrogens is 402 g/mol. The van der Waals surface area contributed by atoms with Crippen LogP contribution >= 0.6 is 0 Å². The molecule has 1 aromatic heterocycles. The van der Waals surface area contributed by atoms with Gasteiger partial charge >= 0.3 is 5.97 Å². The van der Waals surface area contributed by atoms with Crippen LogP contribution in [0.3, 0.4) is 0 Å². The van der Waals surface area contributed by atoms with Crippen molar-refractivity contribution < 1.29 is 14.3 Å². The van der Waals surface area contributed by atoms with Gasteiger partial charge < -0.3 is 14.6 Å². The monoisotopic (exact) mass is 425 g/mol. The molecule has 3 aromatic carbocycles. The van der Waals surface area contributed by atoms with E-state index in [0.29, 0.717) is 18.7 Å². The summed E-state index contributed by atoms with van der Waals surface area (Å²) in [6.07, 6.45) is 5.03. The van der Waals surface area contributed by atoms with E-state index in [-0.39, 0.29) is 11.9 Å². The molecule has 0 aliphatic rings. The third-order valence-corrected chi connectivity index (χ3v) is 5.10. The quantitative estimate of drug-likeness (QED) is 0.356. The number of carbonyl (C=O) groups is 2. The Balaban J connectivity index is 1.34. The molecule has 1 amide bonds. The predicted octanol–water partition coefficient (Wildman–Crippen LogP) is 4.20. The van der Waals surface area contributed by atoms with E-state index in [1.165, 1.54) is 13.2 Å². The molecule has 0 radical (unpaired) electrons. The van der Waals surface area contributed by atoms with Gasteiger partial charge in [0, 0.05) is 19.2 Å². The number of nitrogens with zero attached hydrogens (tertiary/aromatic N) is 2. The van der Waals surface area contributed by atoms with Crippen LogP contribution < -0.4 is 5.32 Å². The predicted molar refractivity (Wildman–Crippen MR) is 124 cm³/mol. The first-order valence-corrected chi connectivity index (χ1v) is 10.2. The van der Waals surface area contributed by atoms with Gasteiger partial charge in [0.05, 0.1) is 30.0 Å². The van der Waals surface area contributed by atoms with Gasteiger partial charge in [-0.15, -0.1) is 0 Å². The second-order valence-electron chi connectivity index (χ2n) is 7.35. The molecule has 0 atom stereocenters. The highest BCUT2D eigenvalue weighted by atomic mass is 16.5. The van der Waals surface area contributed by atoms with Crippen molar-refractivity contribution in [2.45, 2.75) is 13.1 Å². The summed E-state index contributed by atoms with van der Waals surface area (Å²) >= 11 is 0. The Bertz CT molecular complexity index is 1270. The van der Waals surface area contributed by atoms with Crippen molar-refractivity contribution in [1.29, 1.82) is 0 Å². The van der Waals surface area contributed by atoms with Crippen LogP contribution in [-0.4, -0.2) is 28.5 Å². The first kappa shape index (κ1) is 21.1. The van der Waals surface area contributed by atoms with E-state index in [0.717, 1.165) is 27.7 Å². The lowest BCUT2D eigenvalue weighted by atomic mass is 10.1. The summed E-state index contributed by atoms with van der Waals surface area (Å²) in [6.45, 7) is 1.15. The minimum Gasteiger partial charge on any atom is -0.465 e. The summed E-state index contributed by atoms with van der Waals surface area (Å²) in [5, 5.41) is 2.90. The van der Waals surface area contributed by atoms with Crippen molar-refractivity contribution in [2.24, 2.45) is 0 Å². The zero-order valence-corrected chi connectivity index (χ0v) is 17.7. The fourth-order valence-corrected chi connectivity index (χ4v) is 3.44. The molecule has 0 unspecified atom stereocenters. The van der Waals surface area contributed by atoms with Crippen molar-refractivity contribution in [1.82, 2.24) is 14.9 Å². The van der Waals surface area contributed by atoms with Crippen LogP contribution in [0.1, 0.15) is 27.0 Å². The highest BCUT2D eigenvalue weighted by molar-refractivity contribution is 5.92. The Morgan fingerprint density at radius 3 is 2.59 bits per heavy atom. The summed E-state index contributed by atoms with van der Waals surface area (Å²) in [5.74, 6) is -0.574. The van der Waals surface area contributed by atoms with E-state index in [2.05, 4.69) is 37.8 Å². The van der Waals surface area contributed by atoms with E-state index in [9.17, 15) is 9.59 Å². The van der Waals surface area contributed by atoms with Crippen LogP contribution in [0.2, 0.25) is 0 Å². The van der Waals surface area contributed by atoms with Crippen molar-refractivity contribution >= 4 is 29.0 Å². The number of carbonyl (C=O) groups excluding carboxylic acids is 2. The van der Waals surface area contributed by atoms with E-state index >= 15 is 0 Å². The number of methoxy groups -OCH3 is 1. The maximum atomic E-state index is 12.2. The number of hydrogen-bond acceptors (Lipinski definition) is 4. The number of fused-ring (bicyclic) bond motifs is 1. The van der Waals surface area contributed by atoms with Gasteiger partial charge in [-0.2, -0.15) is 0 Å². The Kier molecular flexibility index (Phi) is 6.41. The summed E-state index contributed by atoms with van der Waals surface area (Å²) in [5.41, 5.74) is 5.52. The van der Waals surface area contributed by atoms with E-state index in [1.807, 2.05) is 36.7 Å². The zero-order valence-electron chi connectivity index (χ0n) is 17.7. The van der Waals surface area contributed by atoms with Crippen LogP contribution in [0.5, 0.6) is 0 Å². The van der Waals surface area contributed by atoms with Crippen LogP contribution in [0.25, 0.3) is 17.1 Å². The smallest absolute Gasteiger partial charge is 0.337 e. The maximum absolute atomic E-state index is 12.2. The van der Waals surface area contributed by atoms with Gasteiger partial charge in [0.1, 0.15) is 0 Å². The Morgan fingerprint density at radius 2 is 1.78 bits per heavy atom. The van der Waals surface area contributed by atoms with Crippen LogP contribution in [0.4, 0.5) is 0 Å². The lowest BCUT2D eigenvalue weighted by Gasteiger charge is -2.08. The van der Waals surface area contributed by atoms with Gasteiger partial charge in [-0.05, 0) is 47.0 Å². The van der Waals surface area contributed by atoms with Gasteiger partial charge in [0.2, 0.25) is 5.91 Å². The van der Waals surface area contributed by atoms with Crippen LogP contribution in [-0.2, 0) is 22.6 Å². The minimum atomic E-state index is -0.387. The molecule has 0 fully saturated rings. The summed E-state index contributed by atoms with van der Waals surface area (Å²) in [6, 6.07) is 23.0. The van der Waals surface area contributed by atoms with Crippen LogP contribution in [0, 0.1) is 0 Å².